The third-order valence-electron chi connectivity index (χ3n) is 3.91. The van der Waals surface area contributed by atoms with Crippen LogP contribution >= 0.6 is 0 Å². The van der Waals surface area contributed by atoms with E-state index in [1.807, 2.05) is 24.3 Å². The maximum Gasteiger partial charge on any atom is 0.141 e. The molecule has 1 N–H and O–H groups in total. The van der Waals surface area contributed by atoms with Crippen molar-refractivity contribution in [3.8, 4) is 11.5 Å². The van der Waals surface area contributed by atoms with E-state index in [1.54, 1.807) is 12.3 Å². The highest BCUT2D eigenvalue weighted by Crippen LogP contribution is 2.32. The lowest BCUT2D eigenvalue weighted by atomic mass is 9.87. The molecule has 3 nitrogen and oxygen atoms in total. The molecule has 0 saturated carbocycles. The molecule has 2 aromatic carbocycles. The van der Waals surface area contributed by atoms with Gasteiger partial charge in [-0.25, -0.2) is 0 Å². The van der Waals surface area contributed by atoms with E-state index < -0.39 is 0 Å². The first-order valence-electron chi connectivity index (χ1n) is 7.57. The first-order chi connectivity index (χ1) is 10.4. The highest BCUT2D eigenvalue weighted by Gasteiger charge is 2.15. The van der Waals surface area contributed by atoms with Gasteiger partial charge in [-0.2, -0.15) is 0 Å². The number of rotatable bonds is 2. The van der Waals surface area contributed by atoms with Crippen molar-refractivity contribution in [2.75, 3.05) is 6.61 Å². The zero-order chi connectivity index (χ0) is 15.7. The Kier molecular flexibility index (Phi) is 3.65. The fraction of sp³-hybridized carbons (Fsp3) is 0.316. The number of aromatic hydroxyl groups is 1. The van der Waals surface area contributed by atoms with Gasteiger partial charge in [0.1, 0.15) is 17.2 Å². The van der Waals surface area contributed by atoms with Crippen LogP contribution in [0.2, 0.25) is 0 Å². The molecule has 3 rings (SSSR count). The number of ether oxygens (including phenoxy) is 1. The summed E-state index contributed by atoms with van der Waals surface area (Å²) in [6.07, 6.45) is 2.74. The van der Waals surface area contributed by atoms with Gasteiger partial charge in [-0.15, -0.1) is 0 Å². The van der Waals surface area contributed by atoms with E-state index >= 15 is 0 Å². The maximum atomic E-state index is 10.00. The van der Waals surface area contributed by atoms with Crippen molar-refractivity contribution < 1.29 is 9.84 Å². The van der Waals surface area contributed by atoms with E-state index in [-0.39, 0.29) is 11.2 Å². The van der Waals surface area contributed by atoms with Crippen LogP contribution in [0.5, 0.6) is 11.5 Å². The van der Waals surface area contributed by atoms with Crippen molar-refractivity contribution >= 4 is 11.9 Å². The summed E-state index contributed by atoms with van der Waals surface area (Å²) < 4.78 is 5.50. The fourth-order valence-electron chi connectivity index (χ4n) is 2.52. The zero-order valence-corrected chi connectivity index (χ0v) is 13.3. The van der Waals surface area contributed by atoms with Gasteiger partial charge >= 0.3 is 0 Å². The number of nitrogens with zero attached hydrogens (tertiary/aromatic N) is 1. The number of phenols is 1. The lowest BCUT2D eigenvalue weighted by Crippen LogP contribution is -2.10. The Morgan fingerprint density at radius 1 is 1.14 bits per heavy atom. The van der Waals surface area contributed by atoms with Crippen molar-refractivity contribution in [1.29, 1.82) is 0 Å². The number of hydrogen-bond acceptors (Lipinski definition) is 3. The average Bonchev–Trinajstić information content (AvgIpc) is 2.92. The number of benzene rings is 2. The molecule has 0 unspecified atom stereocenters. The third kappa shape index (κ3) is 2.98. The van der Waals surface area contributed by atoms with E-state index in [1.165, 1.54) is 5.56 Å². The molecule has 1 aliphatic rings. The summed E-state index contributed by atoms with van der Waals surface area (Å²) in [6.45, 7) is 7.19. The number of hydrogen-bond donors (Lipinski definition) is 1. The topological polar surface area (TPSA) is 41.8 Å². The quantitative estimate of drug-likeness (QED) is 0.836. The largest absolute Gasteiger partial charge is 0.506 e. The molecule has 0 radical (unpaired) electrons. The van der Waals surface area contributed by atoms with Gasteiger partial charge in [-0.3, -0.25) is 4.99 Å². The summed E-state index contributed by atoms with van der Waals surface area (Å²) >= 11 is 0. The molecule has 0 fully saturated rings. The average molecular weight is 295 g/mol. The Bertz CT molecular complexity index is 727. The van der Waals surface area contributed by atoms with E-state index in [0.29, 0.717) is 5.69 Å². The first kappa shape index (κ1) is 14.6. The van der Waals surface area contributed by atoms with Gasteiger partial charge in [-0.05, 0) is 52.4 Å². The first-order valence-corrected chi connectivity index (χ1v) is 7.57. The van der Waals surface area contributed by atoms with Crippen molar-refractivity contribution in [3.63, 3.8) is 0 Å². The Hall–Kier alpha value is -2.29. The molecule has 0 saturated heterocycles. The van der Waals surface area contributed by atoms with Crippen LogP contribution in [-0.2, 0) is 11.8 Å². The summed E-state index contributed by atoms with van der Waals surface area (Å²) in [4.78, 5) is 4.46. The molecular weight excluding hydrogens is 274 g/mol. The van der Waals surface area contributed by atoms with Crippen LogP contribution in [0.15, 0.2) is 41.4 Å². The molecule has 0 bridgehead atoms. The second-order valence-corrected chi connectivity index (χ2v) is 6.68. The standard InChI is InChI=1S/C19H21NO2/c1-19(2,3)15-5-6-17(21)16(11-15)20-12-13-4-7-18-14(10-13)8-9-22-18/h4-7,10-12,21H,8-9H2,1-3H3. The lowest BCUT2D eigenvalue weighted by Gasteiger charge is -2.19. The number of phenolic OH excluding ortho intramolecular Hbond substituents is 1. The minimum Gasteiger partial charge on any atom is -0.506 e. The molecule has 0 aliphatic carbocycles. The van der Waals surface area contributed by atoms with E-state index in [2.05, 4.69) is 31.8 Å². The molecule has 0 spiro atoms. The second kappa shape index (κ2) is 5.48. The van der Waals surface area contributed by atoms with Crippen LogP contribution in [0, 0.1) is 0 Å². The number of fused-ring (bicyclic) bond motifs is 1. The molecule has 1 heterocycles. The Labute approximate surface area is 131 Å². The van der Waals surface area contributed by atoms with Gasteiger partial charge in [0.05, 0.1) is 6.61 Å². The van der Waals surface area contributed by atoms with Crippen molar-refractivity contribution in [2.45, 2.75) is 32.6 Å². The van der Waals surface area contributed by atoms with Gasteiger partial charge in [-0.1, -0.05) is 26.8 Å². The van der Waals surface area contributed by atoms with Gasteiger partial charge in [0.2, 0.25) is 0 Å². The molecule has 3 heteroatoms. The van der Waals surface area contributed by atoms with Gasteiger partial charge in [0, 0.05) is 12.6 Å². The van der Waals surface area contributed by atoms with E-state index in [4.69, 9.17) is 4.74 Å². The van der Waals surface area contributed by atoms with Crippen LogP contribution in [0.3, 0.4) is 0 Å². The smallest absolute Gasteiger partial charge is 0.141 e. The summed E-state index contributed by atoms with van der Waals surface area (Å²) in [5.74, 6) is 1.17. The molecule has 0 amide bonds. The highest BCUT2D eigenvalue weighted by atomic mass is 16.5. The van der Waals surface area contributed by atoms with Crippen LogP contribution in [0.4, 0.5) is 5.69 Å². The van der Waals surface area contributed by atoms with Crippen LogP contribution in [0.1, 0.15) is 37.5 Å². The molecule has 2 aromatic rings. The summed E-state index contributed by atoms with van der Waals surface area (Å²) in [5, 5.41) is 10.00. The summed E-state index contributed by atoms with van der Waals surface area (Å²) in [5.41, 5.74) is 4.02. The monoisotopic (exact) mass is 295 g/mol. The lowest BCUT2D eigenvalue weighted by molar-refractivity contribution is 0.357. The van der Waals surface area contributed by atoms with Crippen LogP contribution in [-0.4, -0.2) is 17.9 Å². The Morgan fingerprint density at radius 3 is 2.73 bits per heavy atom. The minimum absolute atomic E-state index is 0.0306. The minimum atomic E-state index is 0.0306. The summed E-state index contributed by atoms with van der Waals surface area (Å²) in [7, 11) is 0. The zero-order valence-electron chi connectivity index (χ0n) is 13.3. The predicted molar refractivity (Wildman–Crippen MR) is 89.7 cm³/mol. The highest BCUT2D eigenvalue weighted by molar-refractivity contribution is 5.83. The van der Waals surface area contributed by atoms with Crippen molar-refractivity contribution in [1.82, 2.24) is 0 Å². The third-order valence-corrected chi connectivity index (χ3v) is 3.91. The number of aliphatic imine (C=N–C) groups is 1. The Balaban J connectivity index is 1.89. The predicted octanol–water partition coefficient (Wildman–Crippen LogP) is 4.38. The SMILES string of the molecule is CC(C)(C)c1ccc(O)c(N=Cc2ccc3c(c2)CCO3)c1. The van der Waals surface area contributed by atoms with E-state index in [0.717, 1.165) is 29.9 Å². The van der Waals surface area contributed by atoms with Crippen molar-refractivity contribution in [3.05, 3.63) is 53.1 Å². The fourth-order valence-corrected chi connectivity index (χ4v) is 2.52. The van der Waals surface area contributed by atoms with E-state index in [9.17, 15) is 5.11 Å². The van der Waals surface area contributed by atoms with Gasteiger partial charge in [0.25, 0.3) is 0 Å². The molecule has 22 heavy (non-hydrogen) atoms. The molecular formula is C19H21NO2. The molecule has 114 valence electrons. The van der Waals surface area contributed by atoms with Crippen LogP contribution in [0.25, 0.3) is 0 Å². The molecule has 0 aromatic heterocycles. The van der Waals surface area contributed by atoms with Gasteiger partial charge < -0.3 is 9.84 Å². The molecule has 1 aliphatic heterocycles. The summed E-state index contributed by atoms with van der Waals surface area (Å²) in [6, 6.07) is 11.7. The van der Waals surface area contributed by atoms with Crippen LogP contribution < -0.4 is 4.74 Å². The Morgan fingerprint density at radius 2 is 1.95 bits per heavy atom. The second-order valence-electron chi connectivity index (χ2n) is 6.68. The normalized spacial score (nSPS) is 14.1. The maximum absolute atomic E-state index is 10.00. The van der Waals surface area contributed by atoms with Crippen molar-refractivity contribution in [2.24, 2.45) is 4.99 Å². The van der Waals surface area contributed by atoms with Gasteiger partial charge in [0.15, 0.2) is 0 Å². The molecule has 0 atom stereocenters.